The summed E-state index contributed by atoms with van der Waals surface area (Å²) >= 11 is 3.30. The van der Waals surface area contributed by atoms with Crippen molar-refractivity contribution < 1.29 is 8.42 Å². The van der Waals surface area contributed by atoms with Crippen LogP contribution < -0.4 is 5.73 Å². The molecule has 0 aliphatic rings. The quantitative estimate of drug-likeness (QED) is 0.634. The van der Waals surface area contributed by atoms with Crippen molar-refractivity contribution in [2.75, 3.05) is 19.3 Å². The summed E-state index contributed by atoms with van der Waals surface area (Å²) in [5.41, 5.74) is 6.91. The number of hydrogen-bond donors (Lipinski definition) is 1. The van der Waals surface area contributed by atoms with Crippen molar-refractivity contribution in [1.29, 1.82) is 0 Å². The Morgan fingerprint density at radius 2 is 1.95 bits per heavy atom. The van der Waals surface area contributed by atoms with Gasteiger partial charge in [0.25, 0.3) is 0 Å². The first kappa shape index (κ1) is 16.5. The van der Waals surface area contributed by atoms with Crippen LogP contribution in [0.5, 0.6) is 0 Å². The summed E-state index contributed by atoms with van der Waals surface area (Å²) < 4.78 is 27.1. The van der Waals surface area contributed by atoms with Crippen molar-refractivity contribution >= 4 is 31.6 Å². The molecular formula is C13H21BrN2O2S. The van der Waals surface area contributed by atoms with Crippen LogP contribution in [0.25, 0.3) is 0 Å². The summed E-state index contributed by atoms with van der Waals surface area (Å²) in [7, 11) is -1.84. The Labute approximate surface area is 124 Å². The number of aryl methyl sites for hydroxylation is 1. The molecule has 0 bridgehead atoms. The number of anilines is 1. The van der Waals surface area contributed by atoms with Gasteiger partial charge in [-0.05, 0) is 47.0 Å². The van der Waals surface area contributed by atoms with Gasteiger partial charge in [-0.1, -0.05) is 19.8 Å². The van der Waals surface area contributed by atoms with E-state index in [0.29, 0.717) is 17.8 Å². The average molecular weight is 349 g/mol. The largest absolute Gasteiger partial charge is 0.398 e. The zero-order chi connectivity index (χ0) is 14.6. The second kappa shape index (κ2) is 6.72. The molecule has 0 spiro atoms. The molecule has 2 N–H and O–H groups in total. The second-order valence-electron chi connectivity index (χ2n) is 4.67. The van der Waals surface area contributed by atoms with Gasteiger partial charge in [0, 0.05) is 23.8 Å². The van der Waals surface area contributed by atoms with Gasteiger partial charge in [0.05, 0.1) is 4.90 Å². The van der Waals surface area contributed by atoms with Gasteiger partial charge < -0.3 is 5.73 Å². The molecule has 0 heterocycles. The van der Waals surface area contributed by atoms with Gasteiger partial charge in [-0.25, -0.2) is 12.7 Å². The van der Waals surface area contributed by atoms with Crippen LogP contribution in [0.1, 0.15) is 31.7 Å². The van der Waals surface area contributed by atoms with Crippen LogP contribution in [0.2, 0.25) is 0 Å². The fourth-order valence-electron chi connectivity index (χ4n) is 1.82. The Bertz CT molecular complexity index is 544. The molecule has 0 aromatic heterocycles. The number of nitrogen functional groups attached to an aromatic ring is 1. The van der Waals surface area contributed by atoms with Crippen molar-refractivity contribution in [3.05, 3.63) is 22.2 Å². The molecule has 0 fully saturated rings. The number of benzene rings is 1. The lowest BCUT2D eigenvalue weighted by molar-refractivity contribution is 0.454. The molecular weight excluding hydrogens is 328 g/mol. The van der Waals surface area contributed by atoms with E-state index in [0.717, 1.165) is 23.7 Å². The third-order valence-corrected chi connectivity index (χ3v) is 5.74. The van der Waals surface area contributed by atoms with E-state index in [-0.39, 0.29) is 4.90 Å². The van der Waals surface area contributed by atoms with Crippen LogP contribution in [0.4, 0.5) is 5.69 Å². The van der Waals surface area contributed by atoms with Gasteiger partial charge in [-0.15, -0.1) is 0 Å². The van der Waals surface area contributed by atoms with E-state index in [2.05, 4.69) is 22.9 Å². The van der Waals surface area contributed by atoms with Crippen LogP contribution in [0, 0.1) is 6.92 Å². The second-order valence-corrected chi connectivity index (χ2v) is 7.54. The third-order valence-electron chi connectivity index (χ3n) is 3.06. The molecule has 0 saturated heterocycles. The molecule has 0 aliphatic heterocycles. The van der Waals surface area contributed by atoms with Crippen LogP contribution in [-0.2, 0) is 10.0 Å². The van der Waals surface area contributed by atoms with E-state index in [1.54, 1.807) is 20.0 Å². The number of nitrogens with zero attached hydrogens (tertiary/aromatic N) is 1. The predicted octanol–water partition coefficient (Wildman–Crippen LogP) is 3.15. The molecule has 0 aliphatic carbocycles. The number of halogens is 1. The molecule has 108 valence electrons. The lowest BCUT2D eigenvalue weighted by Gasteiger charge is -2.19. The molecule has 1 aromatic carbocycles. The topological polar surface area (TPSA) is 63.4 Å². The van der Waals surface area contributed by atoms with Gasteiger partial charge in [0.1, 0.15) is 0 Å². The molecule has 1 aromatic rings. The van der Waals surface area contributed by atoms with Crippen LogP contribution in [-0.4, -0.2) is 26.3 Å². The van der Waals surface area contributed by atoms with Crippen LogP contribution >= 0.6 is 15.9 Å². The highest BCUT2D eigenvalue weighted by Crippen LogP contribution is 2.28. The number of unbranched alkanes of at least 4 members (excludes halogenated alkanes) is 2. The Morgan fingerprint density at radius 3 is 2.53 bits per heavy atom. The van der Waals surface area contributed by atoms with E-state index in [1.807, 2.05) is 0 Å². The van der Waals surface area contributed by atoms with E-state index >= 15 is 0 Å². The molecule has 1 rings (SSSR count). The summed E-state index contributed by atoms with van der Waals surface area (Å²) in [6.07, 6.45) is 2.97. The highest BCUT2D eigenvalue weighted by atomic mass is 79.9. The SMILES string of the molecule is CCCCCN(C)S(=O)(=O)c1cc(N)c(Br)cc1C. The molecule has 19 heavy (non-hydrogen) atoms. The highest BCUT2D eigenvalue weighted by molar-refractivity contribution is 9.10. The number of sulfonamides is 1. The lowest BCUT2D eigenvalue weighted by atomic mass is 10.2. The standard InChI is InChI=1S/C13H21BrN2O2S/c1-4-5-6-7-16(3)19(17,18)13-9-12(15)11(14)8-10(13)2/h8-9H,4-7,15H2,1-3H3. The van der Waals surface area contributed by atoms with E-state index in [9.17, 15) is 8.42 Å². The fourth-order valence-corrected chi connectivity index (χ4v) is 3.72. The number of nitrogens with two attached hydrogens (primary N) is 1. The zero-order valence-corrected chi connectivity index (χ0v) is 14.0. The van der Waals surface area contributed by atoms with Crippen molar-refractivity contribution in [2.45, 2.75) is 38.0 Å². The Morgan fingerprint density at radius 1 is 1.32 bits per heavy atom. The monoisotopic (exact) mass is 348 g/mol. The summed E-state index contributed by atoms with van der Waals surface area (Å²) in [5.74, 6) is 0. The molecule has 4 nitrogen and oxygen atoms in total. The first-order chi connectivity index (χ1) is 8.80. The minimum Gasteiger partial charge on any atom is -0.398 e. The molecule has 0 atom stereocenters. The molecule has 0 radical (unpaired) electrons. The van der Waals surface area contributed by atoms with E-state index in [1.165, 1.54) is 10.4 Å². The van der Waals surface area contributed by atoms with E-state index in [4.69, 9.17) is 5.73 Å². The maximum atomic E-state index is 12.5. The van der Waals surface area contributed by atoms with E-state index < -0.39 is 10.0 Å². The molecule has 0 saturated carbocycles. The summed E-state index contributed by atoms with van der Waals surface area (Å²) in [6, 6.07) is 3.26. The zero-order valence-electron chi connectivity index (χ0n) is 11.6. The van der Waals surface area contributed by atoms with Gasteiger partial charge in [-0.3, -0.25) is 0 Å². The predicted molar refractivity (Wildman–Crippen MR) is 82.6 cm³/mol. The summed E-state index contributed by atoms with van der Waals surface area (Å²) in [6.45, 7) is 4.40. The van der Waals surface area contributed by atoms with Crippen molar-refractivity contribution in [2.24, 2.45) is 0 Å². The van der Waals surface area contributed by atoms with Crippen molar-refractivity contribution in [3.63, 3.8) is 0 Å². The Balaban J connectivity index is 3.03. The third kappa shape index (κ3) is 3.94. The first-order valence-electron chi connectivity index (χ1n) is 6.32. The first-order valence-corrected chi connectivity index (χ1v) is 8.56. The van der Waals surface area contributed by atoms with Gasteiger partial charge >= 0.3 is 0 Å². The maximum absolute atomic E-state index is 12.5. The Hall–Kier alpha value is -0.590. The van der Waals surface area contributed by atoms with Crippen LogP contribution in [0.3, 0.4) is 0 Å². The minimum atomic E-state index is -3.46. The fraction of sp³-hybridized carbons (Fsp3) is 0.538. The lowest BCUT2D eigenvalue weighted by Crippen LogP contribution is -2.28. The minimum absolute atomic E-state index is 0.284. The van der Waals surface area contributed by atoms with Gasteiger partial charge in [0.2, 0.25) is 10.0 Å². The molecule has 0 unspecified atom stereocenters. The normalized spacial score (nSPS) is 12.1. The van der Waals surface area contributed by atoms with Gasteiger partial charge in [0.15, 0.2) is 0 Å². The molecule has 6 heteroatoms. The Kier molecular flexibility index (Phi) is 5.82. The average Bonchev–Trinajstić information content (AvgIpc) is 2.33. The highest BCUT2D eigenvalue weighted by Gasteiger charge is 2.23. The summed E-state index contributed by atoms with van der Waals surface area (Å²) in [4.78, 5) is 0.284. The number of hydrogen-bond acceptors (Lipinski definition) is 3. The van der Waals surface area contributed by atoms with Gasteiger partial charge in [-0.2, -0.15) is 0 Å². The number of rotatable bonds is 6. The smallest absolute Gasteiger partial charge is 0.243 e. The molecule has 0 amide bonds. The van der Waals surface area contributed by atoms with Crippen molar-refractivity contribution in [3.8, 4) is 0 Å². The maximum Gasteiger partial charge on any atom is 0.243 e. The van der Waals surface area contributed by atoms with Crippen molar-refractivity contribution in [1.82, 2.24) is 4.31 Å². The summed E-state index contributed by atoms with van der Waals surface area (Å²) in [5, 5.41) is 0. The van der Waals surface area contributed by atoms with Crippen LogP contribution in [0.15, 0.2) is 21.5 Å².